The summed E-state index contributed by atoms with van der Waals surface area (Å²) in [5.74, 6) is 5.88. The number of rotatable bonds is 3. The molecule has 2 unspecified atom stereocenters. The average molecular weight is 309 g/mol. The Morgan fingerprint density at radius 1 is 1.33 bits per heavy atom. The molecule has 4 nitrogen and oxygen atoms in total. The number of hydrogen-bond acceptors (Lipinski definition) is 4. The Morgan fingerprint density at radius 3 is 2.56 bits per heavy atom. The van der Waals surface area contributed by atoms with Crippen molar-refractivity contribution in [3.63, 3.8) is 0 Å². The van der Waals surface area contributed by atoms with E-state index in [1.807, 2.05) is 6.07 Å². The topological polar surface area (TPSA) is 72.2 Å². The third-order valence-electron chi connectivity index (χ3n) is 3.22. The number of nitrogens with one attached hydrogen (secondary N) is 1. The Kier molecular flexibility index (Phi) is 4.18. The molecule has 2 atom stereocenters. The van der Waals surface area contributed by atoms with Gasteiger partial charge in [0.2, 0.25) is 0 Å². The third kappa shape index (κ3) is 2.97. The monoisotopic (exact) mass is 308 g/mol. The van der Waals surface area contributed by atoms with Gasteiger partial charge in [0.15, 0.2) is 9.84 Å². The fourth-order valence-electron chi connectivity index (χ4n) is 2.30. The molecule has 100 valence electrons. The van der Waals surface area contributed by atoms with Crippen LogP contribution in [0, 0.1) is 5.92 Å². The molecule has 0 aromatic heterocycles. The number of nitrogens with two attached hydrogens (primary N) is 1. The Morgan fingerprint density at radius 2 is 2.06 bits per heavy atom. The van der Waals surface area contributed by atoms with E-state index in [4.69, 9.17) is 29.0 Å². The second kappa shape index (κ2) is 5.35. The minimum Gasteiger partial charge on any atom is -0.271 e. The first-order chi connectivity index (χ1) is 8.43. The van der Waals surface area contributed by atoms with E-state index in [1.165, 1.54) is 0 Å². The Balaban J connectivity index is 2.26. The highest BCUT2D eigenvalue weighted by Crippen LogP contribution is 2.33. The molecule has 7 heteroatoms. The Labute approximate surface area is 116 Å². The maximum absolute atomic E-state index is 11.5. The molecule has 0 aliphatic carbocycles. The molecule has 0 amide bonds. The van der Waals surface area contributed by atoms with E-state index in [0.29, 0.717) is 16.5 Å². The molecule has 1 aromatic carbocycles. The highest BCUT2D eigenvalue weighted by atomic mass is 35.5. The maximum atomic E-state index is 11.5. The van der Waals surface area contributed by atoms with Crippen molar-refractivity contribution in [3.05, 3.63) is 33.8 Å². The standard InChI is InChI=1S/C11H14Cl2N2O2S/c12-9-2-1-7(5-10(9)13)11(15-14)8-3-4-18(16,17)6-8/h1-2,5,8,11,15H,3-4,6,14H2. The second-order valence-corrected chi connectivity index (χ2v) is 7.52. The lowest BCUT2D eigenvalue weighted by atomic mass is 9.93. The fourth-order valence-corrected chi connectivity index (χ4v) is 4.44. The van der Waals surface area contributed by atoms with Crippen LogP contribution in [0.2, 0.25) is 10.0 Å². The number of sulfone groups is 1. The lowest BCUT2D eigenvalue weighted by molar-refractivity contribution is 0.399. The van der Waals surface area contributed by atoms with Crippen LogP contribution in [0.1, 0.15) is 18.0 Å². The summed E-state index contributed by atoms with van der Waals surface area (Å²) in [6.45, 7) is 0. The van der Waals surface area contributed by atoms with Crippen LogP contribution in [0.5, 0.6) is 0 Å². The lowest BCUT2D eigenvalue weighted by Crippen LogP contribution is -2.34. The SMILES string of the molecule is NNC(c1ccc(Cl)c(Cl)c1)C1CCS(=O)(=O)C1. The first kappa shape index (κ1) is 14.1. The van der Waals surface area contributed by atoms with Crippen molar-refractivity contribution in [1.29, 1.82) is 0 Å². The highest BCUT2D eigenvalue weighted by molar-refractivity contribution is 7.91. The second-order valence-electron chi connectivity index (χ2n) is 4.48. The largest absolute Gasteiger partial charge is 0.271 e. The Hall–Kier alpha value is -0.330. The van der Waals surface area contributed by atoms with E-state index in [2.05, 4.69) is 5.43 Å². The summed E-state index contributed by atoms with van der Waals surface area (Å²) in [6, 6.07) is 4.99. The predicted molar refractivity (Wildman–Crippen MR) is 73.3 cm³/mol. The van der Waals surface area contributed by atoms with E-state index >= 15 is 0 Å². The molecule has 0 saturated carbocycles. The molecule has 1 saturated heterocycles. The number of halogens is 2. The molecule has 3 N–H and O–H groups in total. The van der Waals surface area contributed by atoms with Crippen LogP contribution in [0.25, 0.3) is 0 Å². The van der Waals surface area contributed by atoms with Crippen LogP contribution in [0.15, 0.2) is 18.2 Å². The summed E-state index contributed by atoms with van der Waals surface area (Å²) in [6.07, 6.45) is 0.609. The van der Waals surface area contributed by atoms with Crippen molar-refractivity contribution in [3.8, 4) is 0 Å². The zero-order chi connectivity index (χ0) is 13.3. The van der Waals surface area contributed by atoms with Gasteiger partial charge in [0.25, 0.3) is 0 Å². The van der Waals surface area contributed by atoms with Crippen LogP contribution in [0.4, 0.5) is 0 Å². The summed E-state index contributed by atoms with van der Waals surface area (Å²) in [5, 5.41) is 0.908. The molecule has 18 heavy (non-hydrogen) atoms. The van der Waals surface area contributed by atoms with Crippen molar-refractivity contribution in [2.75, 3.05) is 11.5 Å². The van der Waals surface area contributed by atoms with Gasteiger partial charge in [-0.15, -0.1) is 0 Å². The summed E-state index contributed by atoms with van der Waals surface area (Å²) in [5.41, 5.74) is 3.53. The zero-order valence-electron chi connectivity index (χ0n) is 9.57. The van der Waals surface area contributed by atoms with Crippen molar-refractivity contribution >= 4 is 33.0 Å². The molecule has 1 fully saturated rings. The Bertz CT molecular complexity index is 548. The van der Waals surface area contributed by atoms with E-state index in [9.17, 15) is 8.42 Å². The van der Waals surface area contributed by atoms with Gasteiger partial charge in [-0.25, -0.2) is 8.42 Å². The highest BCUT2D eigenvalue weighted by Gasteiger charge is 2.34. The van der Waals surface area contributed by atoms with E-state index in [0.717, 1.165) is 5.56 Å². The zero-order valence-corrected chi connectivity index (χ0v) is 11.9. The van der Waals surface area contributed by atoms with Crippen molar-refractivity contribution < 1.29 is 8.42 Å². The number of hydrogen-bond donors (Lipinski definition) is 2. The van der Waals surface area contributed by atoms with Gasteiger partial charge in [-0.1, -0.05) is 29.3 Å². The number of hydrazine groups is 1. The van der Waals surface area contributed by atoms with Gasteiger partial charge < -0.3 is 0 Å². The normalized spacial score (nSPS) is 24.1. The maximum Gasteiger partial charge on any atom is 0.150 e. The first-order valence-electron chi connectivity index (χ1n) is 5.54. The van der Waals surface area contributed by atoms with E-state index < -0.39 is 9.84 Å². The predicted octanol–water partition coefficient (Wildman–Crippen LogP) is 1.93. The molecule has 2 rings (SSSR count). The molecule has 0 radical (unpaired) electrons. The van der Waals surface area contributed by atoms with Crippen LogP contribution < -0.4 is 11.3 Å². The molecule has 1 aliphatic rings. The minimum atomic E-state index is -2.93. The molecular weight excluding hydrogens is 295 g/mol. The molecule has 0 spiro atoms. The van der Waals surface area contributed by atoms with Crippen molar-refractivity contribution in [2.45, 2.75) is 12.5 Å². The molecule has 1 aromatic rings. The van der Waals surface area contributed by atoms with Crippen LogP contribution in [-0.4, -0.2) is 19.9 Å². The molecular formula is C11H14Cl2N2O2S. The average Bonchev–Trinajstić information content (AvgIpc) is 2.65. The van der Waals surface area contributed by atoms with Gasteiger partial charge in [-0.2, -0.15) is 0 Å². The lowest BCUT2D eigenvalue weighted by Gasteiger charge is -2.22. The van der Waals surface area contributed by atoms with Gasteiger partial charge in [0, 0.05) is 6.04 Å². The minimum absolute atomic E-state index is 0.0303. The van der Waals surface area contributed by atoms with Crippen LogP contribution in [-0.2, 0) is 9.84 Å². The fraction of sp³-hybridized carbons (Fsp3) is 0.455. The number of benzene rings is 1. The first-order valence-corrected chi connectivity index (χ1v) is 8.12. The van der Waals surface area contributed by atoms with Gasteiger partial charge >= 0.3 is 0 Å². The molecule has 1 heterocycles. The summed E-state index contributed by atoms with van der Waals surface area (Å²) in [4.78, 5) is 0. The third-order valence-corrected chi connectivity index (χ3v) is 5.75. The van der Waals surface area contributed by atoms with Crippen LogP contribution >= 0.6 is 23.2 Å². The van der Waals surface area contributed by atoms with Crippen molar-refractivity contribution in [2.24, 2.45) is 11.8 Å². The summed E-state index contributed by atoms with van der Waals surface area (Å²) >= 11 is 11.8. The molecule has 1 aliphatic heterocycles. The van der Waals surface area contributed by atoms with Gasteiger partial charge in [0.1, 0.15) is 0 Å². The quantitative estimate of drug-likeness (QED) is 0.661. The van der Waals surface area contributed by atoms with Gasteiger partial charge in [0.05, 0.1) is 21.6 Å². The summed E-state index contributed by atoms with van der Waals surface area (Å²) in [7, 11) is -2.93. The van der Waals surface area contributed by atoms with Gasteiger partial charge in [-0.05, 0) is 30.0 Å². The molecule has 0 bridgehead atoms. The van der Waals surface area contributed by atoms with Gasteiger partial charge in [-0.3, -0.25) is 11.3 Å². The van der Waals surface area contributed by atoms with E-state index in [-0.39, 0.29) is 23.5 Å². The van der Waals surface area contributed by atoms with Crippen molar-refractivity contribution in [1.82, 2.24) is 5.43 Å². The summed E-state index contributed by atoms with van der Waals surface area (Å²) < 4.78 is 23.0. The van der Waals surface area contributed by atoms with Crippen LogP contribution in [0.3, 0.4) is 0 Å². The van der Waals surface area contributed by atoms with E-state index in [1.54, 1.807) is 12.1 Å². The smallest absolute Gasteiger partial charge is 0.150 e.